The molecule has 6 heteroatoms. The maximum Gasteiger partial charge on any atom is 1.00 e. The van der Waals surface area contributed by atoms with Gasteiger partial charge >= 0.3 is 18.9 Å². The third kappa shape index (κ3) is 7.87. The smallest absolute Gasteiger partial charge is 0.744 e. The van der Waals surface area contributed by atoms with Crippen LogP contribution >= 0.6 is 8.58 Å². The molecule has 0 unspecified atom stereocenters. The minimum atomic E-state index is -4.25. The molecule has 3 aromatic carbocycles. The van der Waals surface area contributed by atoms with Crippen LogP contribution < -0.4 is 29.5 Å². The molecule has 3 nitrogen and oxygen atoms in total. The molecule has 0 atom stereocenters. The van der Waals surface area contributed by atoms with Gasteiger partial charge in [0, 0.05) is 0 Å². The van der Waals surface area contributed by atoms with E-state index in [1.165, 1.54) is 46.0 Å². The number of hydrogen-bond donors (Lipinski definition) is 0. The fraction of sp³-hybridized carbons (Fsp3) is 0.100. The molecule has 0 aromatic heterocycles. The Hall–Kier alpha value is -1.40. The van der Waals surface area contributed by atoms with Crippen LogP contribution in [0.1, 0.15) is 11.1 Å². The van der Waals surface area contributed by atoms with Crippen LogP contribution in [0, 0.1) is 13.8 Å². The molecule has 26 heavy (non-hydrogen) atoms. The van der Waals surface area contributed by atoms with Crippen LogP contribution in [0.25, 0.3) is 0 Å². The molecule has 0 aliphatic carbocycles. The Labute approximate surface area is 169 Å². The quantitative estimate of drug-likeness (QED) is 0.380. The van der Waals surface area contributed by atoms with E-state index < -0.39 is 10.1 Å². The van der Waals surface area contributed by atoms with Crippen molar-refractivity contribution in [2.75, 3.05) is 0 Å². The molecule has 0 heterocycles. The minimum absolute atomic E-state index is 0. The summed E-state index contributed by atoms with van der Waals surface area (Å²) in [6, 6.07) is 24.8. The number of rotatable bonds is 3. The van der Waals surface area contributed by atoms with E-state index in [0.717, 1.165) is 8.58 Å². The summed E-state index contributed by atoms with van der Waals surface area (Å²) in [6.07, 6.45) is 0. The average Bonchev–Trinajstić information content (AvgIpc) is 2.60. The first-order valence-electron chi connectivity index (χ1n) is 7.76. The maximum atomic E-state index is 10.3. The Kier molecular flexibility index (Phi) is 9.29. The Balaban J connectivity index is 0.000000270. The molecule has 0 aliphatic rings. The van der Waals surface area contributed by atoms with Crippen LogP contribution in [0.2, 0.25) is 0 Å². The van der Waals surface area contributed by atoms with E-state index in [0.29, 0.717) is 0 Å². The first kappa shape index (κ1) is 22.6. The van der Waals surface area contributed by atoms with Crippen molar-refractivity contribution in [1.29, 1.82) is 0 Å². The summed E-state index contributed by atoms with van der Waals surface area (Å²) in [7, 11) is -3.48. The van der Waals surface area contributed by atoms with Crippen LogP contribution in [0.4, 0.5) is 0 Å². The topological polar surface area (TPSA) is 57.2 Å². The van der Waals surface area contributed by atoms with Gasteiger partial charge in [0.2, 0.25) is 0 Å². The first-order valence-corrected chi connectivity index (χ1v) is 10.2. The van der Waals surface area contributed by atoms with Crippen molar-refractivity contribution in [3.8, 4) is 0 Å². The molecule has 0 bridgehead atoms. The first-order chi connectivity index (χ1) is 11.8. The molecule has 0 saturated carbocycles. The van der Waals surface area contributed by atoms with Crippen LogP contribution in [-0.4, -0.2) is 13.0 Å². The van der Waals surface area contributed by atoms with Gasteiger partial charge in [0.1, 0.15) is 10.1 Å². The summed E-state index contributed by atoms with van der Waals surface area (Å²) in [6.45, 7) is 4.25. The van der Waals surface area contributed by atoms with Crippen molar-refractivity contribution in [1.82, 2.24) is 0 Å². The fourth-order valence-corrected chi connectivity index (χ4v) is 3.52. The van der Waals surface area contributed by atoms with Gasteiger partial charge in [-0.25, -0.2) is 8.42 Å². The molecule has 0 N–H and O–H groups in total. The number of aryl methyl sites for hydroxylation is 2. The van der Waals surface area contributed by atoms with E-state index in [1.54, 1.807) is 6.07 Å². The Morgan fingerprint density at radius 3 is 1.38 bits per heavy atom. The molecule has 0 radical (unpaired) electrons. The van der Waals surface area contributed by atoms with Gasteiger partial charge in [-0.05, 0) is 36.6 Å². The molecule has 0 spiro atoms. The van der Waals surface area contributed by atoms with Gasteiger partial charge in [0.05, 0.1) is 4.90 Å². The van der Waals surface area contributed by atoms with Gasteiger partial charge in [0.15, 0.2) is 0 Å². The van der Waals surface area contributed by atoms with Crippen molar-refractivity contribution in [2.24, 2.45) is 0 Å². The normalized spacial score (nSPS) is 10.3. The number of benzene rings is 3. The number of hydrogen-bond acceptors (Lipinski definition) is 3. The van der Waals surface area contributed by atoms with Crippen LogP contribution in [0.5, 0.6) is 0 Å². The van der Waals surface area contributed by atoms with Crippen molar-refractivity contribution in [2.45, 2.75) is 18.7 Å². The average molecular weight is 378 g/mol. The molecule has 3 rings (SSSR count). The predicted molar refractivity (Wildman–Crippen MR) is 104 cm³/mol. The van der Waals surface area contributed by atoms with Crippen LogP contribution in [0.3, 0.4) is 0 Å². The van der Waals surface area contributed by atoms with E-state index in [4.69, 9.17) is 0 Å². The van der Waals surface area contributed by atoms with E-state index in [-0.39, 0.29) is 23.8 Å². The standard InChI is InChI=1S/C14H15P.C6H6O3S.Li/c1-11-3-7-13(8-4-11)15-14-9-5-12(2)6-10-14;7-10(8,9)6-4-2-1-3-5-6;/h3-10,15H,1-2H3;1-5H,(H,7,8,9);/q;;+1/p-1. The van der Waals surface area contributed by atoms with Crippen molar-refractivity contribution < 1.29 is 31.8 Å². The van der Waals surface area contributed by atoms with Gasteiger partial charge < -0.3 is 4.55 Å². The van der Waals surface area contributed by atoms with Gasteiger partial charge in [-0.2, -0.15) is 0 Å². The Bertz CT molecular complexity index is 851. The zero-order valence-electron chi connectivity index (χ0n) is 15.1. The second kappa shape index (κ2) is 10.7. The second-order valence-electron chi connectivity index (χ2n) is 5.62. The Morgan fingerprint density at radius 1 is 0.692 bits per heavy atom. The SMILES string of the molecule is Cc1ccc(Pc2ccc(C)cc2)cc1.O=S(=O)([O-])c1ccccc1.[Li+]. The Morgan fingerprint density at radius 2 is 1.08 bits per heavy atom. The molecule has 130 valence electrons. The largest absolute Gasteiger partial charge is 1.00 e. The molecular weight excluding hydrogens is 358 g/mol. The van der Waals surface area contributed by atoms with Crippen molar-refractivity contribution in [3.63, 3.8) is 0 Å². The van der Waals surface area contributed by atoms with E-state index in [2.05, 4.69) is 62.4 Å². The predicted octanol–water partition coefficient (Wildman–Crippen LogP) is 0.527. The molecule has 0 aliphatic heterocycles. The van der Waals surface area contributed by atoms with Gasteiger partial charge in [0.25, 0.3) is 0 Å². The minimum Gasteiger partial charge on any atom is -0.744 e. The van der Waals surface area contributed by atoms with Gasteiger partial charge in [-0.1, -0.05) is 86.4 Å². The molecule has 3 aromatic rings. The molecule has 0 fully saturated rings. The fourth-order valence-electron chi connectivity index (χ4n) is 2.03. The van der Waals surface area contributed by atoms with E-state index in [9.17, 15) is 13.0 Å². The third-order valence-electron chi connectivity index (χ3n) is 3.42. The van der Waals surface area contributed by atoms with Crippen molar-refractivity contribution >= 4 is 29.3 Å². The van der Waals surface area contributed by atoms with Gasteiger partial charge in [-0.15, -0.1) is 0 Å². The zero-order chi connectivity index (χ0) is 18.3. The summed E-state index contributed by atoms with van der Waals surface area (Å²) >= 11 is 0. The third-order valence-corrected chi connectivity index (χ3v) is 5.52. The molecular formula is C20H20LiO3PS. The monoisotopic (exact) mass is 378 g/mol. The molecule has 0 saturated heterocycles. The van der Waals surface area contributed by atoms with Crippen molar-refractivity contribution in [3.05, 3.63) is 90.0 Å². The summed E-state index contributed by atoms with van der Waals surface area (Å²) in [5, 5.41) is 2.81. The van der Waals surface area contributed by atoms with Crippen LogP contribution in [0.15, 0.2) is 83.8 Å². The maximum absolute atomic E-state index is 10.3. The van der Waals surface area contributed by atoms with E-state index >= 15 is 0 Å². The summed E-state index contributed by atoms with van der Waals surface area (Å²) in [5.41, 5.74) is 2.65. The molecule has 0 amide bonds. The van der Waals surface area contributed by atoms with Gasteiger partial charge in [-0.3, -0.25) is 0 Å². The summed E-state index contributed by atoms with van der Waals surface area (Å²) in [4.78, 5) is -0.185. The van der Waals surface area contributed by atoms with Crippen LogP contribution in [-0.2, 0) is 10.1 Å². The zero-order valence-corrected chi connectivity index (χ0v) is 17.0. The summed E-state index contributed by atoms with van der Waals surface area (Å²) < 4.78 is 30.8. The van der Waals surface area contributed by atoms with E-state index in [1.807, 2.05) is 0 Å². The summed E-state index contributed by atoms with van der Waals surface area (Å²) in [5.74, 6) is 0. The second-order valence-corrected chi connectivity index (χ2v) is 8.41.